The normalized spacial score (nSPS) is 18.3. The number of benzene rings is 1. The maximum absolute atomic E-state index is 11.4. The SMILES string of the molecule is CS(=O)(=O)Oc1ccccc1[C@@H]1CC(C(=O)CCl)=NO1. The van der Waals surface area contributed by atoms with Crippen LogP contribution in [-0.4, -0.2) is 32.0 Å². The van der Waals surface area contributed by atoms with E-state index in [-0.39, 0.29) is 29.5 Å². The Labute approximate surface area is 121 Å². The predicted molar refractivity (Wildman–Crippen MR) is 73.5 cm³/mol. The van der Waals surface area contributed by atoms with Crippen molar-refractivity contribution in [3.05, 3.63) is 29.8 Å². The zero-order valence-corrected chi connectivity index (χ0v) is 12.1. The third-order valence-electron chi connectivity index (χ3n) is 2.62. The summed E-state index contributed by atoms with van der Waals surface area (Å²) < 4.78 is 27.3. The lowest BCUT2D eigenvalue weighted by Gasteiger charge is -2.13. The molecule has 2 rings (SSSR count). The molecule has 1 heterocycles. The topological polar surface area (TPSA) is 82.0 Å². The first-order chi connectivity index (χ1) is 9.40. The molecule has 0 aliphatic carbocycles. The maximum Gasteiger partial charge on any atom is 0.306 e. The highest BCUT2D eigenvalue weighted by Crippen LogP contribution is 2.34. The summed E-state index contributed by atoms with van der Waals surface area (Å²) >= 11 is 5.45. The van der Waals surface area contributed by atoms with Crippen LogP contribution in [0.4, 0.5) is 0 Å². The molecule has 0 radical (unpaired) electrons. The van der Waals surface area contributed by atoms with E-state index in [4.69, 9.17) is 20.6 Å². The highest BCUT2D eigenvalue weighted by molar-refractivity contribution is 7.86. The number of carbonyl (C=O) groups is 1. The fourth-order valence-corrected chi connectivity index (χ4v) is 2.40. The molecule has 1 aliphatic rings. The van der Waals surface area contributed by atoms with Crippen molar-refractivity contribution in [2.75, 3.05) is 12.1 Å². The number of alkyl halides is 1. The van der Waals surface area contributed by atoms with Crippen LogP contribution in [0.1, 0.15) is 18.1 Å². The molecular weight excluding hydrogens is 306 g/mol. The summed E-state index contributed by atoms with van der Waals surface area (Å²) in [5.74, 6) is -0.318. The van der Waals surface area contributed by atoms with Gasteiger partial charge in [-0.05, 0) is 6.07 Å². The van der Waals surface area contributed by atoms with E-state index in [1.54, 1.807) is 18.2 Å². The van der Waals surface area contributed by atoms with Crippen LogP contribution in [0.15, 0.2) is 29.4 Å². The number of oxime groups is 1. The molecule has 0 amide bonds. The Bertz CT molecular complexity index is 656. The average molecular weight is 318 g/mol. The lowest BCUT2D eigenvalue weighted by Crippen LogP contribution is -2.14. The van der Waals surface area contributed by atoms with Gasteiger partial charge in [0.25, 0.3) is 0 Å². The van der Waals surface area contributed by atoms with E-state index in [1.807, 2.05) is 0 Å². The number of hydrogen-bond acceptors (Lipinski definition) is 6. The Hall–Kier alpha value is -1.60. The van der Waals surface area contributed by atoms with Crippen LogP contribution in [0.2, 0.25) is 0 Å². The molecular formula is C12H12ClNO5S. The molecule has 1 aromatic rings. The number of hydrogen-bond donors (Lipinski definition) is 0. The van der Waals surface area contributed by atoms with Crippen LogP contribution in [-0.2, 0) is 19.8 Å². The molecule has 8 heteroatoms. The third kappa shape index (κ3) is 3.49. The zero-order chi connectivity index (χ0) is 14.8. The number of para-hydroxylation sites is 1. The van der Waals surface area contributed by atoms with Gasteiger partial charge in [0.15, 0.2) is 11.9 Å². The number of Topliss-reactive ketones (excluding diaryl/α,β-unsaturated/α-hetero) is 1. The van der Waals surface area contributed by atoms with Crippen LogP contribution >= 0.6 is 11.6 Å². The second-order valence-electron chi connectivity index (χ2n) is 4.22. The summed E-state index contributed by atoms with van der Waals surface area (Å²) in [4.78, 5) is 16.6. The fourth-order valence-electron chi connectivity index (χ4n) is 1.77. The zero-order valence-electron chi connectivity index (χ0n) is 10.6. The Morgan fingerprint density at radius 1 is 1.50 bits per heavy atom. The lowest BCUT2D eigenvalue weighted by atomic mass is 10.0. The number of ketones is 1. The number of nitrogens with zero attached hydrogens (tertiary/aromatic N) is 1. The molecule has 0 N–H and O–H groups in total. The molecule has 0 saturated carbocycles. The second-order valence-corrected chi connectivity index (χ2v) is 6.06. The largest absolute Gasteiger partial charge is 0.387 e. The predicted octanol–water partition coefficient (Wildman–Crippen LogP) is 1.65. The quantitative estimate of drug-likeness (QED) is 0.609. The Morgan fingerprint density at radius 2 is 2.20 bits per heavy atom. The minimum atomic E-state index is -3.64. The minimum Gasteiger partial charge on any atom is -0.387 e. The Morgan fingerprint density at radius 3 is 2.85 bits per heavy atom. The van der Waals surface area contributed by atoms with E-state index in [1.165, 1.54) is 6.07 Å². The van der Waals surface area contributed by atoms with E-state index < -0.39 is 16.2 Å². The number of carbonyl (C=O) groups excluding carboxylic acids is 1. The molecule has 1 atom stereocenters. The number of rotatable bonds is 5. The van der Waals surface area contributed by atoms with Crippen molar-refractivity contribution < 1.29 is 22.2 Å². The summed E-state index contributed by atoms with van der Waals surface area (Å²) in [5, 5.41) is 3.68. The van der Waals surface area contributed by atoms with E-state index in [2.05, 4.69) is 5.16 Å². The van der Waals surface area contributed by atoms with Gasteiger partial charge in [0.05, 0.1) is 12.1 Å². The van der Waals surface area contributed by atoms with Crippen molar-refractivity contribution in [3.63, 3.8) is 0 Å². The van der Waals surface area contributed by atoms with Crippen LogP contribution in [0, 0.1) is 0 Å². The van der Waals surface area contributed by atoms with Crippen molar-refractivity contribution in [1.29, 1.82) is 0 Å². The summed E-state index contributed by atoms with van der Waals surface area (Å²) in [6, 6.07) is 6.54. The summed E-state index contributed by atoms with van der Waals surface area (Å²) in [5.41, 5.74) is 0.748. The van der Waals surface area contributed by atoms with Crippen molar-refractivity contribution in [3.8, 4) is 5.75 Å². The molecule has 0 unspecified atom stereocenters. The minimum absolute atomic E-state index is 0.162. The van der Waals surface area contributed by atoms with Crippen LogP contribution in [0.5, 0.6) is 5.75 Å². The van der Waals surface area contributed by atoms with Crippen molar-refractivity contribution in [2.24, 2.45) is 5.16 Å². The van der Waals surface area contributed by atoms with Crippen LogP contribution < -0.4 is 4.18 Å². The van der Waals surface area contributed by atoms with Crippen LogP contribution in [0.25, 0.3) is 0 Å². The van der Waals surface area contributed by atoms with E-state index in [0.717, 1.165) is 6.26 Å². The highest BCUT2D eigenvalue weighted by atomic mass is 35.5. The summed E-state index contributed by atoms with van der Waals surface area (Å²) in [6.07, 6.45) is 0.628. The Balaban J connectivity index is 2.21. The highest BCUT2D eigenvalue weighted by Gasteiger charge is 2.29. The third-order valence-corrected chi connectivity index (χ3v) is 3.34. The van der Waals surface area contributed by atoms with E-state index >= 15 is 0 Å². The van der Waals surface area contributed by atoms with Gasteiger partial charge < -0.3 is 9.02 Å². The van der Waals surface area contributed by atoms with Crippen LogP contribution in [0.3, 0.4) is 0 Å². The summed E-state index contributed by atoms with van der Waals surface area (Å²) in [6.45, 7) is 0. The molecule has 0 spiro atoms. The lowest BCUT2D eigenvalue weighted by molar-refractivity contribution is -0.110. The molecule has 1 aromatic carbocycles. The molecule has 1 aliphatic heterocycles. The first kappa shape index (κ1) is 14.8. The molecule has 0 aromatic heterocycles. The van der Waals surface area contributed by atoms with Gasteiger partial charge in [-0.3, -0.25) is 4.79 Å². The molecule has 6 nitrogen and oxygen atoms in total. The second kappa shape index (κ2) is 5.80. The monoisotopic (exact) mass is 317 g/mol. The molecule has 0 fully saturated rings. The van der Waals surface area contributed by atoms with Gasteiger partial charge in [0.1, 0.15) is 11.5 Å². The van der Waals surface area contributed by atoms with E-state index in [0.29, 0.717) is 5.56 Å². The smallest absolute Gasteiger partial charge is 0.306 e. The summed E-state index contributed by atoms with van der Waals surface area (Å²) in [7, 11) is -3.64. The standard InChI is InChI=1S/C12H12ClNO5S/c1-20(16,17)19-11-5-3-2-4-8(11)12-6-9(14-18-12)10(15)7-13/h2-5,12H,6-7H2,1H3/t12-/m0/s1. The average Bonchev–Trinajstić information content (AvgIpc) is 2.86. The van der Waals surface area contributed by atoms with Crippen molar-refractivity contribution in [1.82, 2.24) is 0 Å². The first-order valence-corrected chi connectivity index (χ1v) is 8.06. The van der Waals surface area contributed by atoms with Gasteiger partial charge in [-0.2, -0.15) is 8.42 Å². The molecule has 0 bridgehead atoms. The first-order valence-electron chi connectivity index (χ1n) is 5.71. The van der Waals surface area contributed by atoms with Gasteiger partial charge in [-0.25, -0.2) is 0 Å². The fraction of sp³-hybridized carbons (Fsp3) is 0.333. The van der Waals surface area contributed by atoms with Gasteiger partial charge >= 0.3 is 10.1 Å². The van der Waals surface area contributed by atoms with Crippen molar-refractivity contribution in [2.45, 2.75) is 12.5 Å². The maximum atomic E-state index is 11.4. The van der Waals surface area contributed by atoms with Crippen molar-refractivity contribution >= 4 is 33.2 Å². The molecule has 108 valence electrons. The van der Waals surface area contributed by atoms with Gasteiger partial charge in [0.2, 0.25) is 0 Å². The Kier molecular flexibility index (Phi) is 4.29. The number of halogens is 1. The van der Waals surface area contributed by atoms with Gasteiger partial charge in [0, 0.05) is 12.0 Å². The van der Waals surface area contributed by atoms with Gasteiger partial charge in [-0.1, -0.05) is 23.4 Å². The molecule has 0 saturated heterocycles. The molecule has 20 heavy (non-hydrogen) atoms. The van der Waals surface area contributed by atoms with Gasteiger partial charge in [-0.15, -0.1) is 11.6 Å². The van der Waals surface area contributed by atoms with E-state index in [9.17, 15) is 13.2 Å².